The van der Waals surface area contributed by atoms with E-state index in [1.807, 2.05) is 0 Å². The van der Waals surface area contributed by atoms with Gasteiger partial charge in [-0.1, -0.05) is 23.9 Å². The van der Waals surface area contributed by atoms with Crippen LogP contribution in [0.25, 0.3) is 6.08 Å². The number of aromatic hydroxyl groups is 1. The lowest BCUT2D eigenvalue weighted by atomic mass is 10.1. The van der Waals surface area contributed by atoms with Gasteiger partial charge in [0.1, 0.15) is 0 Å². The van der Waals surface area contributed by atoms with Crippen molar-refractivity contribution in [1.82, 2.24) is 0 Å². The summed E-state index contributed by atoms with van der Waals surface area (Å²) >= 11 is 1.14. The van der Waals surface area contributed by atoms with E-state index in [0.29, 0.717) is 16.5 Å². The third-order valence-corrected chi connectivity index (χ3v) is 4.47. The summed E-state index contributed by atoms with van der Waals surface area (Å²) in [7, 11) is 0. The standard InChI is InChI=1S/C15H8N2O6S/c18-14-8(5-9(16(20)21)7-11(14)17(22)23)6-13-15(19)10-3-1-2-4-12(10)24-13/h1-7,18H/b13-6-. The van der Waals surface area contributed by atoms with Crippen LogP contribution >= 0.6 is 11.8 Å². The molecule has 9 heteroatoms. The maximum Gasteiger partial charge on any atom is 0.318 e. The molecular formula is C15H8N2O6S. The number of rotatable bonds is 3. The number of phenols is 1. The van der Waals surface area contributed by atoms with Gasteiger partial charge in [-0.2, -0.15) is 0 Å². The van der Waals surface area contributed by atoms with Crippen LogP contribution in [0.2, 0.25) is 0 Å². The Bertz CT molecular complexity index is 938. The van der Waals surface area contributed by atoms with E-state index < -0.39 is 27.0 Å². The zero-order chi connectivity index (χ0) is 17.4. The first-order valence-corrected chi connectivity index (χ1v) is 7.39. The van der Waals surface area contributed by atoms with E-state index in [0.717, 1.165) is 17.8 Å². The van der Waals surface area contributed by atoms with Gasteiger partial charge in [-0.25, -0.2) is 0 Å². The largest absolute Gasteiger partial charge is 0.502 e. The lowest BCUT2D eigenvalue weighted by Gasteiger charge is -2.02. The smallest absolute Gasteiger partial charge is 0.318 e. The topological polar surface area (TPSA) is 124 Å². The van der Waals surface area contributed by atoms with Crippen LogP contribution in [-0.4, -0.2) is 20.7 Å². The van der Waals surface area contributed by atoms with Crippen LogP contribution in [0.15, 0.2) is 46.2 Å². The molecule has 0 fully saturated rings. The lowest BCUT2D eigenvalue weighted by Crippen LogP contribution is -1.97. The molecule has 0 saturated carbocycles. The summed E-state index contributed by atoms with van der Waals surface area (Å²) in [6, 6.07) is 8.52. The predicted molar refractivity (Wildman–Crippen MR) is 86.0 cm³/mol. The van der Waals surface area contributed by atoms with Crippen molar-refractivity contribution in [3.63, 3.8) is 0 Å². The van der Waals surface area contributed by atoms with Gasteiger partial charge in [0, 0.05) is 22.1 Å². The molecule has 120 valence electrons. The molecule has 1 N–H and O–H groups in total. The minimum Gasteiger partial charge on any atom is -0.502 e. The Morgan fingerprint density at radius 1 is 1.08 bits per heavy atom. The molecule has 0 aromatic heterocycles. The van der Waals surface area contributed by atoms with Crippen LogP contribution in [0.5, 0.6) is 5.75 Å². The summed E-state index contributed by atoms with van der Waals surface area (Å²) in [4.78, 5) is 33.4. The molecule has 2 aromatic carbocycles. The summed E-state index contributed by atoms with van der Waals surface area (Å²) in [6.07, 6.45) is 1.22. The fourth-order valence-electron chi connectivity index (χ4n) is 2.26. The number of non-ortho nitro benzene ring substituents is 1. The normalized spacial score (nSPS) is 14.7. The van der Waals surface area contributed by atoms with E-state index >= 15 is 0 Å². The van der Waals surface area contributed by atoms with Crippen LogP contribution in [0.1, 0.15) is 15.9 Å². The van der Waals surface area contributed by atoms with Gasteiger partial charge in [0.2, 0.25) is 11.5 Å². The van der Waals surface area contributed by atoms with E-state index in [2.05, 4.69) is 0 Å². The fourth-order valence-corrected chi connectivity index (χ4v) is 3.30. The molecule has 0 unspecified atom stereocenters. The Balaban J connectivity index is 2.12. The molecule has 2 aromatic rings. The van der Waals surface area contributed by atoms with Gasteiger partial charge in [-0.3, -0.25) is 25.0 Å². The zero-order valence-corrected chi connectivity index (χ0v) is 12.6. The van der Waals surface area contributed by atoms with E-state index in [1.54, 1.807) is 24.3 Å². The maximum atomic E-state index is 12.3. The fraction of sp³-hybridized carbons (Fsp3) is 0. The lowest BCUT2D eigenvalue weighted by molar-refractivity contribution is -0.394. The minimum absolute atomic E-state index is 0.153. The molecule has 8 nitrogen and oxygen atoms in total. The number of nitro benzene ring substituents is 2. The van der Waals surface area contributed by atoms with Crippen LogP contribution in [-0.2, 0) is 0 Å². The van der Waals surface area contributed by atoms with E-state index in [-0.39, 0.29) is 16.3 Å². The highest BCUT2D eigenvalue weighted by molar-refractivity contribution is 8.04. The Hall–Kier alpha value is -3.20. The number of carbonyl (C=O) groups excluding carboxylic acids is 1. The van der Waals surface area contributed by atoms with Crippen LogP contribution in [0, 0.1) is 20.2 Å². The highest BCUT2D eigenvalue weighted by atomic mass is 32.2. The summed E-state index contributed by atoms with van der Waals surface area (Å²) in [6.45, 7) is 0. The number of phenolic OH excluding ortho intramolecular Hbond substituents is 1. The van der Waals surface area contributed by atoms with E-state index in [4.69, 9.17) is 0 Å². The number of thioether (sulfide) groups is 1. The summed E-state index contributed by atoms with van der Waals surface area (Å²) in [5, 5.41) is 31.9. The number of allylic oxidation sites excluding steroid dienone is 1. The molecule has 24 heavy (non-hydrogen) atoms. The number of nitro groups is 2. The second-order valence-corrected chi connectivity index (χ2v) is 5.94. The summed E-state index contributed by atoms with van der Waals surface area (Å²) in [5.41, 5.74) is -1.00. The minimum atomic E-state index is -0.914. The van der Waals surface area contributed by atoms with Gasteiger partial charge in [-0.15, -0.1) is 0 Å². The number of fused-ring (bicyclic) bond motifs is 1. The number of Topliss-reactive ketones (excluding diaryl/α,β-unsaturated/α-hetero) is 1. The van der Waals surface area contributed by atoms with Crippen molar-refractivity contribution in [1.29, 1.82) is 0 Å². The van der Waals surface area contributed by atoms with E-state index in [1.165, 1.54) is 6.08 Å². The molecule has 0 amide bonds. The van der Waals surface area contributed by atoms with Crippen molar-refractivity contribution in [2.75, 3.05) is 0 Å². The Morgan fingerprint density at radius 2 is 1.79 bits per heavy atom. The molecule has 1 aliphatic heterocycles. The van der Waals surface area contributed by atoms with Crippen molar-refractivity contribution in [2.45, 2.75) is 4.90 Å². The number of carbonyl (C=O) groups is 1. The highest BCUT2D eigenvalue weighted by Crippen LogP contribution is 2.43. The third-order valence-electron chi connectivity index (χ3n) is 3.37. The summed E-state index contributed by atoms with van der Waals surface area (Å²) in [5.74, 6) is -1.02. The SMILES string of the molecule is O=C1/C(=C/c2cc([N+](=O)[O-])cc([N+](=O)[O-])c2O)Sc2ccccc21. The Labute approximate surface area is 138 Å². The van der Waals surface area contributed by atoms with Gasteiger partial charge in [0.25, 0.3) is 5.69 Å². The quantitative estimate of drug-likeness (QED) is 0.513. The van der Waals surface area contributed by atoms with Gasteiger partial charge >= 0.3 is 5.69 Å². The van der Waals surface area contributed by atoms with Crippen LogP contribution in [0.4, 0.5) is 11.4 Å². The number of benzene rings is 2. The van der Waals surface area contributed by atoms with Crippen molar-refractivity contribution in [2.24, 2.45) is 0 Å². The molecule has 0 saturated heterocycles. The van der Waals surface area contributed by atoms with Crippen molar-refractivity contribution >= 4 is 35.0 Å². The molecule has 0 bridgehead atoms. The number of hydrogen-bond donors (Lipinski definition) is 1. The van der Waals surface area contributed by atoms with Crippen LogP contribution in [0.3, 0.4) is 0 Å². The number of ketones is 1. The molecule has 0 spiro atoms. The second-order valence-electron chi connectivity index (χ2n) is 4.85. The number of hydrogen-bond acceptors (Lipinski definition) is 7. The first-order valence-electron chi connectivity index (χ1n) is 6.57. The zero-order valence-electron chi connectivity index (χ0n) is 11.8. The first-order chi connectivity index (χ1) is 11.4. The van der Waals surface area contributed by atoms with Crippen molar-refractivity contribution in [3.8, 4) is 5.75 Å². The highest BCUT2D eigenvalue weighted by Gasteiger charge is 2.28. The third kappa shape index (κ3) is 2.61. The first kappa shape index (κ1) is 15.7. The molecule has 0 aliphatic carbocycles. The average Bonchev–Trinajstić information content (AvgIpc) is 2.85. The molecule has 0 atom stereocenters. The molecule has 1 heterocycles. The maximum absolute atomic E-state index is 12.3. The van der Waals surface area contributed by atoms with Gasteiger partial charge in [-0.05, 0) is 18.2 Å². The monoisotopic (exact) mass is 344 g/mol. The molecular weight excluding hydrogens is 336 g/mol. The molecule has 0 radical (unpaired) electrons. The van der Waals surface area contributed by atoms with Gasteiger partial charge in [0.05, 0.1) is 20.8 Å². The average molecular weight is 344 g/mol. The van der Waals surface area contributed by atoms with E-state index in [9.17, 15) is 30.1 Å². The molecule has 1 aliphatic rings. The van der Waals surface area contributed by atoms with Crippen LogP contribution < -0.4 is 0 Å². The number of nitrogens with zero attached hydrogens (tertiary/aromatic N) is 2. The Kier molecular flexibility index (Phi) is 3.78. The van der Waals surface area contributed by atoms with Gasteiger partial charge in [0.15, 0.2) is 0 Å². The van der Waals surface area contributed by atoms with Crippen molar-refractivity contribution in [3.05, 3.63) is 72.7 Å². The molecule has 3 rings (SSSR count). The van der Waals surface area contributed by atoms with Crippen molar-refractivity contribution < 1.29 is 19.7 Å². The second kappa shape index (κ2) is 5.78. The van der Waals surface area contributed by atoms with Gasteiger partial charge < -0.3 is 5.11 Å². The Morgan fingerprint density at radius 3 is 2.42 bits per heavy atom. The predicted octanol–water partition coefficient (Wildman–Crippen LogP) is 3.54. The summed E-state index contributed by atoms with van der Waals surface area (Å²) < 4.78 is 0.